The molecule has 1 aliphatic rings. The molecule has 1 aliphatic carbocycles. The summed E-state index contributed by atoms with van der Waals surface area (Å²) < 4.78 is 0. The van der Waals surface area contributed by atoms with Gasteiger partial charge in [0.1, 0.15) is 0 Å². The van der Waals surface area contributed by atoms with Crippen LogP contribution in [0.25, 0.3) is 0 Å². The summed E-state index contributed by atoms with van der Waals surface area (Å²) in [5.41, 5.74) is 0.551. The molecule has 0 saturated heterocycles. The number of nitrogens with zero attached hydrogens (tertiary/aromatic N) is 2. The summed E-state index contributed by atoms with van der Waals surface area (Å²) in [4.78, 5) is 25.8. The highest BCUT2D eigenvalue weighted by Crippen LogP contribution is 2.31. The van der Waals surface area contributed by atoms with Crippen molar-refractivity contribution in [2.24, 2.45) is 0 Å². The minimum atomic E-state index is -0.902. The fourth-order valence-corrected chi connectivity index (χ4v) is 2.79. The number of hydrogen-bond acceptors (Lipinski definition) is 4. The Hall–Kier alpha value is -2.00. The number of rotatable bonds is 7. The van der Waals surface area contributed by atoms with Gasteiger partial charge >= 0.3 is 5.97 Å². The third kappa shape index (κ3) is 4.23. The quantitative estimate of drug-likeness (QED) is 0.782. The van der Waals surface area contributed by atoms with E-state index in [0.29, 0.717) is 5.56 Å². The number of aliphatic carboxylic acids is 1. The van der Waals surface area contributed by atoms with Crippen molar-refractivity contribution in [3.8, 4) is 6.07 Å². The molecule has 0 bridgehead atoms. The second kappa shape index (κ2) is 7.14. The lowest BCUT2D eigenvalue weighted by molar-refractivity contribution is -0.137. The topological polar surface area (TPSA) is 81.4 Å². The number of hydrogen-bond donors (Lipinski definition) is 1. The molecule has 1 aromatic rings. The van der Waals surface area contributed by atoms with Crippen molar-refractivity contribution in [3.63, 3.8) is 0 Å². The Labute approximate surface area is 127 Å². The summed E-state index contributed by atoms with van der Waals surface area (Å²) >= 11 is 1.32. The van der Waals surface area contributed by atoms with Gasteiger partial charge in [0.25, 0.3) is 5.91 Å². The Balaban J connectivity index is 2.16. The maximum Gasteiger partial charge on any atom is 0.305 e. The molecular formula is C15H16N2O3S. The van der Waals surface area contributed by atoms with E-state index in [1.54, 1.807) is 17.0 Å². The first kappa shape index (κ1) is 15.4. The Morgan fingerprint density at radius 3 is 2.71 bits per heavy atom. The van der Waals surface area contributed by atoms with Crippen LogP contribution in [0.4, 0.5) is 0 Å². The van der Waals surface area contributed by atoms with Gasteiger partial charge in [-0.25, -0.2) is 0 Å². The number of carbonyl (C=O) groups is 2. The molecule has 2 rings (SSSR count). The molecule has 0 heterocycles. The molecule has 0 spiro atoms. The smallest absolute Gasteiger partial charge is 0.305 e. The third-order valence-electron chi connectivity index (χ3n) is 3.22. The predicted octanol–water partition coefficient (Wildman–Crippen LogP) is 2.38. The average molecular weight is 304 g/mol. The van der Waals surface area contributed by atoms with Crippen LogP contribution in [0.2, 0.25) is 0 Å². The van der Waals surface area contributed by atoms with Crippen molar-refractivity contribution in [2.75, 3.05) is 12.3 Å². The molecule has 1 N–H and O–H groups in total. The number of carboxylic acid groups (broad SMARTS) is 1. The summed E-state index contributed by atoms with van der Waals surface area (Å²) in [6.45, 7) is 0.232. The molecule has 0 radical (unpaired) electrons. The van der Waals surface area contributed by atoms with Gasteiger partial charge in [-0.15, -0.1) is 11.8 Å². The molecule has 1 saturated carbocycles. The molecule has 0 aliphatic heterocycles. The highest BCUT2D eigenvalue weighted by atomic mass is 32.2. The number of carbonyl (C=O) groups excluding carboxylic acids is 1. The molecule has 5 nitrogen and oxygen atoms in total. The van der Waals surface area contributed by atoms with Crippen LogP contribution in [0, 0.1) is 11.3 Å². The molecule has 0 unspecified atom stereocenters. The minimum absolute atomic E-state index is 0.0459. The molecule has 1 fully saturated rings. The maximum absolute atomic E-state index is 12.7. The fourth-order valence-electron chi connectivity index (χ4n) is 2.09. The second-order valence-corrected chi connectivity index (χ2v) is 5.83. The van der Waals surface area contributed by atoms with E-state index in [0.717, 1.165) is 17.7 Å². The van der Waals surface area contributed by atoms with Gasteiger partial charge in [0.05, 0.1) is 23.8 Å². The van der Waals surface area contributed by atoms with E-state index in [4.69, 9.17) is 10.4 Å². The maximum atomic E-state index is 12.7. The minimum Gasteiger partial charge on any atom is -0.481 e. The molecule has 6 heteroatoms. The van der Waals surface area contributed by atoms with Crippen molar-refractivity contribution in [1.82, 2.24) is 4.90 Å². The van der Waals surface area contributed by atoms with Crippen molar-refractivity contribution in [1.29, 1.82) is 5.26 Å². The highest BCUT2D eigenvalue weighted by molar-refractivity contribution is 7.99. The van der Waals surface area contributed by atoms with Gasteiger partial charge in [0.15, 0.2) is 0 Å². The molecule has 21 heavy (non-hydrogen) atoms. The van der Waals surface area contributed by atoms with E-state index in [1.807, 2.05) is 18.2 Å². The van der Waals surface area contributed by atoms with Gasteiger partial charge in [-0.05, 0) is 25.0 Å². The molecule has 1 aromatic carbocycles. The van der Waals surface area contributed by atoms with E-state index in [1.165, 1.54) is 11.8 Å². The van der Waals surface area contributed by atoms with Crippen molar-refractivity contribution < 1.29 is 14.7 Å². The fraction of sp³-hybridized carbons (Fsp3) is 0.400. The summed E-state index contributed by atoms with van der Waals surface area (Å²) in [5.74, 6) is -0.761. The zero-order valence-electron chi connectivity index (χ0n) is 11.5. The van der Waals surface area contributed by atoms with E-state index < -0.39 is 5.97 Å². The largest absolute Gasteiger partial charge is 0.481 e. The number of thioether (sulfide) groups is 1. The van der Waals surface area contributed by atoms with E-state index >= 15 is 0 Å². The van der Waals surface area contributed by atoms with Gasteiger partial charge < -0.3 is 10.0 Å². The lowest BCUT2D eigenvalue weighted by Gasteiger charge is -2.22. The molecule has 0 aromatic heterocycles. The van der Waals surface area contributed by atoms with Crippen LogP contribution in [0.15, 0.2) is 29.2 Å². The highest BCUT2D eigenvalue weighted by Gasteiger charge is 2.33. The monoisotopic (exact) mass is 304 g/mol. The first-order chi connectivity index (χ1) is 10.1. The van der Waals surface area contributed by atoms with Crippen molar-refractivity contribution in [2.45, 2.75) is 30.2 Å². The van der Waals surface area contributed by atoms with Crippen molar-refractivity contribution in [3.05, 3.63) is 29.8 Å². The molecular weight excluding hydrogens is 288 g/mol. The van der Waals surface area contributed by atoms with Crippen LogP contribution in [0.5, 0.6) is 0 Å². The van der Waals surface area contributed by atoms with E-state index in [9.17, 15) is 9.59 Å². The summed E-state index contributed by atoms with van der Waals surface area (Å²) in [6.07, 6.45) is 1.81. The SMILES string of the molecule is N#CCSc1ccccc1C(=O)N(CCC(=O)O)C1CC1. The third-order valence-corrected chi connectivity index (χ3v) is 4.17. The van der Waals surface area contributed by atoms with Crippen LogP contribution in [0.1, 0.15) is 29.6 Å². The normalized spacial score (nSPS) is 13.5. The molecule has 0 atom stereocenters. The lowest BCUT2D eigenvalue weighted by atomic mass is 10.2. The van der Waals surface area contributed by atoms with Gasteiger partial charge in [-0.1, -0.05) is 12.1 Å². The number of amides is 1. The summed E-state index contributed by atoms with van der Waals surface area (Å²) in [7, 11) is 0. The number of nitriles is 1. The zero-order chi connectivity index (χ0) is 15.2. The predicted molar refractivity (Wildman–Crippen MR) is 79.1 cm³/mol. The first-order valence-corrected chi connectivity index (χ1v) is 7.73. The number of carboxylic acids is 1. The Morgan fingerprint density at radius 2 is 2.10 bits per heavy atom. The van der Waals surface area contributed by atoms with Crippen LogP contribution in [0.3, 0.4) is 0 Å². The van der Waals surface area contributed by atoms with Crippen LogP contribution >= 0.6 is 11.8 Å². The first-order valence-electron chi connectivity index (χ1n) is 6.75. The van der Waals surface area contributed by atoms with Gasteiger partial charge in [-0.3, -0.25) is 9.59 Å². The Kier molecular flexibility index (Phi) is 5.23. The van der Waals surface area contributed by atoms with Gasteiger partial charge in [0.2, 0.25) is 0 Å². The Bertz CT molecular complexity index is 579. The summed E-state index contributed by atoms with van der Waals surface area (Å²) in [5, 5.41) is 17.5. The standard InChI is InChI=1S/C15H16N2O3S/c16-8-10-21-13-4-2-1-3-12(13)15(20)17(11-5-6-11)9-7-14(18)19/h1-4,11H,5-7,9-10H2,(H,18,19). The Morgan fingerprint density at radius 1 is 1.38 bits per heavy atom. The number of benzene rings is 1. The van der Waals surface area contributed by atoms with Crippen LogP contribution < -0.4 is 0 Å². The molecule has 1 amide bonds. The van der Waals surface area contributed by atoms with Gasteiger partial charge in [-0.2, -0.15) is 5.26 Å². The van der Waals surface area contributed by atoms with Gasteiger partial charge in [0, 0.05) is 17.5 Å². The average Bonchev–Trinajstić information content (AvgIpc) is 3.30. The lowest BCUT2D eigenvalue weighted by Crippen LogP contribution is -2.35. The van der Waals surface area contributed by atoms with Crippen LogP contribution in [-0.4, -0.2) is 40.2 Å². The van der Waals surface area contributed by atoms with Crippen LogP contribution in [-0.2, 0) is 4.79 Å². The summed E-state index contributed by atoms with van der Waals surface area (Å²) in [6, 6.07) is 9.37. The van der Waals surface area contributed by atoms with Crippen molar-refractivity contribution >= 4 is 23.6 Å². The zero-order valence-corrected chi connectivity index (χ0v) is 12.3. The second-order valence-electron chi connectivity index (χ2n) is 4.82. The van der Waals surface area contributed by atoms with E-state index in [2.05, 4.69) is 0 Å². The van der Waals surface area contributed by atoms with E-state index in [-0.39, 0.29) is 30.7 Å². The molecule has 110 valence electrons.